The minimum Gasteiger partial charge on any atom is -0.351 e. The Morgan fingerprint density at radius 2 is 2.00 bits per heavy atom. The minimum atomic E-state index is -4.54. The number of halogens is 2. The van der Waals surface area contributed by atoms with Gasteiger partial charge < -0.3 is 5.32 Å². The third-order valence-corrected chi connectivity index (χ3v) is 3.13. The van der Waals surface area contributed by atoms with Crippen molar-refractivity contribution < 1.29 is 17.1 Å². The van der Waals surface area contributed by atoms with E-state index in [1.807, 2.05) is 0 Å². The zero-order chi connectivity index (χ0) is 12.2. The molecule has 0 aliphatic rings. The van der Waals surface area contributed by atoms with Crippen molar-refractivity contribution in [3.05, 3.63) is 34.3 Å². The quantitative estimate of drug-likeness (QED) is 0.857. The SMILES string of the molecule is O=C(NCCS(=O)(=O)F)c1ccccc1Br. The highest BCUT2D eigenvalue weighted by molar-refractivity contribution is 9.10. The van der Waals surface area contributed by atoms with Gasteiger partial charge in [0.25, 0.3) is 5.91 Å². The molecule has 0 unspecified atom stereocenters. The van der Waals surface area contributed by atoms with Gasteiger partial charge in [0.2, 0.25) is 0 Å². The zero-order valence-corrected chi connectivity index (χ0v) is 10.5. The number of hydrogen-bond acceptors (Lipinski definition) is 3. The molecule has 0 heterocycles. The van der Waals surface area contributed by atoms with Gasteiger partial charge in [0.1, 0.15) is 0 Å². The smallest absolute Gasteiger partial charge is 0.304 e. The summed E-state index contributed by atoms with van der Waals surface area (Å²) in [7, 11) is -4.54. The number of carbonyl (C=O) groups is 1. The van der Waals surface area contributed by atoms with Crippen molar-refractivity contribution in [3.8, 4) is 0 Å². The van der Waals surface area contributed by atoms with Gasteiger partial charge >= 0.3 is 10.2 Å². The van der Waals surface area contributed by atoms with Crippen LogP contribution in [0.2, 0.25) is 0 Å². The highest BCUT2D eigenvalue weighted by Crippen LogP contribution is 2.15. The van der Waals surface area contributed by atoms with Crippen molar-refractivity contribution >= 4 is 32.1 Å². The predicted molar refractivity (Wildman–Crippen MR) is 61.4 cm³/mol. The van der Waals surface area contributed by atoms with Gasteiger partial charge in [-0.1, -0.05) is 12.1 Å². The summed E-state index contributed by atoms with van der Waals surface area (Å²) in [5.74, 6) is -1.17. The zero-order valence-electron chi connectivity index (χ0n) is 8.11. The third kappa shape index (κ3) is 4.28. The second kappa shape index (κ2) is 5.40. The first-order valence-corrected chi connectivity index (χ1v) is 6.70. The second-order valence-corrected chi connectivity index (χ2v) is 5.32. The number of hydrogen-bond donors (Lipinski definition) is 1. The highest BCUT2D eigenvalue weighted by atomic mass is 79.9. The van der Waals surface area contributed by atoms with Crippen LogP contribution in [0.5, 0.6) is 0 Å². The Morgan fingerprint density at radius 1 is 1.38 bits per heavy atom. The summed E-state index contributed by atoms with van der Waals surface area (Å²) in [6, 6.07) is 6.67. The molecular weight excluding hydrogens is 301 g/mol. The Morgan fingerprint density at radius 3 is 2.56 bits per heavy atom. The van der Waals surface area contributed by atoms with Crippen molar-refractivity contribution in [2.75, 3.05) is 12.3 Å². The van der Waals surface area contributed by atoms with Crippen LogP contribution in [-0.2, 0) is 10.2 Å². The van der Waals surface area contributed by atoms with Crippen LogP contribution in [0.3, 0.4) is 0 Å². The Balaban J connectivity index is 2.57. The number of nitrogens with one attached hydrogen (secondary N) is 1. The lowest BCUT2D eigenvalue weighted by molar-refractivity contribution is 0.0955. The summed E-state index contributed by atoms with van der Waals surface area (Å²) in [6.07, 6.45) is 0. The lowest BCUT2D eigenvalue weighted by atomic mass is 10.2. The van der Waals surface area contributed by atoms with E-state index in [4.69, 9.17) is 0 Å². The van der Waals surface area contributed by atoms with E-state index in [-0.39, 0.29) is 6.54 Å². The van der Waals surface area contributed by atoms with Gasteiger partial charge in [-0.25, -0.2) is 0 Å². The summed E-state index contributed by atoms with van der Waals surface area (Å²) in [5, 5.41) is 2.31. The van der Waals surface area contributed by atoms with Crippen LogP contribution in [0.4, 0.5) is 3.89 Å². The minimum absolute atomic E-state index is 0.251. The molecule has 1 aromatic rings. The lowest BCUT2D eigenvalue weighted by Gasteiger charge is -2.04. The molecule has 0 aliphatic carbocycles. The number of benzene rings is 1. The molecule has 0 fully saturated rings. The van der Waals surface area contributed by atoms with Crippen molar-refractivity contribution in [1.82, 2.24) is 5.32 Å². The molecule has 4 nitrogen and oxygen atoms in total. The Bertz CT molecular complexity index is 489. The van der Waals surface area contributed by atoms with Crippen molar-refractivity contribution in [2.24, 2.45) is 0 Å². The molecule has 0 saturated heterocycles. The summed E-state index contributed by atoms with van der Waals surface area (Å²) in [5.41, 5.74) is 0.374. The van der Waals surface area contributed by atoms with Crippen LogP contribution in [0.1, 0.15) is 10.4 Å². The Hall–Kier alpha value is -0.950. The van der Waals surface area contributed by atoms with Gasteiger partial charge in [0.15, 0.2) is 0 Å². The lowest BCUT2D eigenvalue weighted by Crippen LogP contribution is -2.28. The maximum Gasteiger partial charge on any atom is 0.304 e. The summed E-state index contributed by atoms with van der Waals surface area (Å²) >= 11 is 3.18. The molecule has 7 heteroatoms. The molecule has 0 bridgehead atoms. The maximum atomic E-state index is 12.1. The van der Waals surface area contributed by atoms with E-state index < -0.39 is 21.9 Å². The fraction of sp³-hybridized carbons (Fsp3) is 0.222. The Kier molecular flexibility index (Phi) is 4.43. The monoisotopic (exact) mass is 309 g/mol. The van der Waals surface area contributed by atoms with E-state index in [0.29, 0.717) is 10.0 Å². The predicted octanol–water partition coefficient (Wildman–Crippen LogP) is 1.48. The van der Waals surface area contributed by atoms with E-state index in [2.05, 4.69) is 21.2 Å². The van der Waals surface area contributed by atoms with Gasteiger partial charge in [-0.2, -0.15) is 8.42 Å². The first-order valence-electron chi connectivity index (χ1n) is 4.35. The first kappa shape index (κ1) is 13.1. The highest BCUT2D eigenvalue weighted by Gasteiger charge is 2.11. The fourth-order valence-electron chi connectivity index (χ4n) is 1.03. The molecule has 0 radical (unpaired) electrons. The number of rotatable bonds is 4. The molecule has 0 aliphatic heterocycles. The molecule has 0 atom stereocenters. The summed E-state index contributed by atoms with van der Waals surface area (Å²) in [4.78, 5) is 11.5. The molecule has 0 saturated carbocycles. The van der Waals surface area contributed by atoms with E-state index in [9.17, 15) is 17.1 Å². The average Bonchev–Trinajstić information content (AvgIpc) is 2.16. The van der Waals surface area contributed by atoms with Crippen LogP contribution in [-0.4, -0.2) is 26.6 Å². The normalized spacial score (nSPS) is 11.1. The fourth-order valence-corrected chi connectivity index (χ4v) is 1.84. The van der Waals surface area contributed by atoms with Crippen LogP contribution < -0.4 is 5.32 Å². The van der Waals surface area contributed by atoms with Crippen LogP contribution >= 0.6 is 15.9 Å². The maximum absolute atomic E-state index is 12.1. The number of carbonyl (C=O) groups excluding carboxylic acids is 1. The largest absolute Gasteiger partial charge is 0.351 e. The third-order valence-electron chi connectivity index (χ3n) is 1.75. The molecule has 88 valence electrons. The molecule has 16 heavy (non-hydrogen) atoms. The van der Waals surface area contributed by atoms with E-state index in [1.54, 1.807) is 24.3 Å². The van der Waals surface area contributed by atoms with E-state index in [1.165, 1.54) is 0 Å². The Labute approximate surface area is 101 Å². The van der Waals surface area contributed by atoms with Crippen molar-refractivity contribution in [2.45, 2.75) is 0 Å². The van der Waals surface area contributed by atoms with Crippen LogP contribution in [0.25, 0.3) is 0 Å². The first-order chi connectivity index (χ1) is 7.40. The van der Waals surface area contributed by atoms with E-state index in [0.717, 1.165) is 0 Å². The summed E-state index contributed by atoms with van der Waals surface area (Å²) in [6.45, 7) is -0.251. The van der Waals surface area contributed by atoms with Crippen LogP contribution in [0.15, 0.2) is 28.7 Å². The molecular formula is C9H9BrFNO3S. The van der Waals surface area contributed by atoms with Crippen LogP contribution in [0, 0.1) is 0 Å². The van der Waals surface area contributed by atoms with Gasteiger partial charge in [-0.3, -0.25) is 4.79 Å². The second-order valence-electron chi connectivity index (χ2n) is 2.98. The molecule has 0 spiro atoms. The van der Waals surface area contributed by atoms with E-state index >= 15 is 0 Å². The topological polar surface area (TPSA) is 63.2 Å². The van der Waals surface area contributed by atoms with Crippen molar-refractivity contribution in [1.29, 1.82) is 0 Å². The molecule has 0 aromatic heterocycles. The van der Waals surface area contributed by atoms with Gasteiger partial charge in [0, 0.05) is 11.0 Å². The standard InChI is InChI=1S/C9H9BrFNO3S/c10-8-4-2-1-3-7(8)9(13)12-5-6-16(11,14)15/h1-4H,5-6H2,(H,12,13). The molecule has 1 N–H and O–H groups in total. The molecule has 1 amide bonds. The van der Waals surface area contributed by atoms with Gasteiger partial charge in [0.05, 0.1) is 11.3 Å². The van der Waals surface area contributed by atoms with Gasteiger partial charge in [-0.15, -0.1) is 3.89 Å². The number of amides is 1. The summed E-state index contributed by atoms with van der Waals surface area (Å²) < 4.78 is 33.1. The average molecular weight is 310 g/mol. The molecule has 1 aromatic carbocycles. The van der Waals surface area contributed by atoms with Crippen molar-refractivity contribution in [3.63, 3.8) is 0 Å². The van der Waals surface area contributed by atoms with Gasteiger partial charge in [-0.05, 0) is 28.1 Å². The molecule has 1 rings (SSSR count).